The Morgan fingerprint density at radius 1 is 1.17 bits per heavy atom. The maximum atomic E-state index is 12.5. The fraction of sp³-hybridized carbons (Fsp3) is 0.467. The minimum absolute atomic E-state index is 0.111. The number of benzene rings is 1. The zero-order valence-corrected chi connectivity index (χ0v) is 14.5. The smallest absolute Gasteiger partial charge is 0.251 e. The molecule has 0 atom stereocenters. The van der Waals surface area contributed by atoms with E-state index < -0.39 is 15.9 Å². The molecule has 1 aliphatic rings. The van der Waals surface area contributed by atoms with Crippen LogP contribution in [0.15, 0.2) is 29.2 Å². The Morgan fingerprint density at radius 2 is 1.75 bits per heavy atom. The Kier molecular flexibility index (Phi) is 5.92. The molecule has 0 aliphatic carbocycles. The van der Waals surface area contributed by atoms with Gasteiger partial charge in [-0.1, -0.05) is 0 Å². The molecule has 0 spiro atoms. The van der Waals surface area contributed by atoms with E-state index in [9.17, 15) is 18.0 Å². The third-order valence-corrected chi connectivity index (χ3v) is 5.54. The SMILES string of the molecule is CN(C)C(=O)CNC(=O)c1ccc(S(=O)(=O)N2CCOCC2)cc1. The molecule has 0 aromatic heterocycles. The summed E-state index contributed by atoms with van der Waals surface area (Å²) in [6, 6.07) is 5.66. The highest BCUT2D eigenvalue weighted by atomic mass is 32.2. The summed E-state index contributed by atoms with van der Waals surface area (Å²) in [5.41, 5.74) is 0.294. The fourth-order valence-corrected chi connectivity index (χ4v) is 3.54. The van der Waals surface area contributed by atoms with Crippen molar-refractivity contribution < 1.29 is 22.7 Å². The summed E-state index contributed by atoms with van der Waals surface area (Å²) in [6.07, 6.45) is 0. The summed E-state index contributed by atoms with van der Waals surface area (Å²) in [4.78, 5) is 24.9. The zero-order valence-electron chi connectivity index (χ0n) is 13.7. The molecule has 2 amide bonds. The van der Waals surface area contributed by atoms with Crippen LogP contribution >= 0.6 is 0 Å². The third kappa shape index (κ3) is 4.31. The van der Waals surface area contributed by atoms with Crippen molar-refractivity contribution in [2.45, 2.75) is 4.90 Å². The van der Waals surface area contributed by atoms with Gasteiger partial charge in [-0.3, -0.25) is 9.59 Å². The predicted molar refractivity (Wildman–Crippen MR) is 87.0 cm³/mol. The minimum Gasteiger partial charge on any atom is -0.379 e. The number of hydrogen-bond donors (Lipinski definition) is 1. The van der Waals surface area contributed by atoms with Crippen molar-refractivity contribution in [2.24, 2.45) is 0 Å². The van der Waals surface area contributed by atoms with E-state index in [1.54, 1.807) is 14.1 Å². The van der Waals surface area contributed by atoms with Crippen LogP contribution in [0.25, 0.3) is 0 Å². The molecule has 0 bridgehead atoms. The molecule has 0 saturated carbocycles. The van der Waals surface area contributed by atoms with E-state index in [0.29, 0.717) is 31.9 Å². The van der Waals surface area contributed by atoms with E-state index in [2.05, 4.69) is 5.32 Å². The molecule has 1 saturated heterocycles. The first-order chi connectivity index (χ1) is 11.3. The number of sulfonamides is 1. The number of nitrogens with zero attached hydrogens (tertiary/aromatic N) is 2. The van der Waals surface area contributed by atoms with Crippen molar-refractivity contribution >= 4 is 21.8 Å². The third-order valence-electron chi connectivity index (χ3n) is 3.62. The first kappa shape index (κ1) is 18.4. The molecule has 1 heterocycles. The van der Waals surface area contributed by atoms with Crippen LogP contribution in [0.4, 0.5) is 0 Å². The number of rotatable bonds is 5. The highest BCUT2D eigenvalue weighted by Gasteiger charge is 2.26. The molecule has 1 aromatic rings. The van der Waals surface area contributed by atoms with Gasteiger partial charge >= 0.3 is 0 Å². The Morgan fingerprint density at radius 3 is 2.29 bits per heavy atom. The van der Waals surface area contributed by atoms with Crippen LogP contribution in [0.5, 0.6) is 0 Å². The van der Waals surface area contributed by atoms with Crippen molar-refractivity contribution in [1.82, 2.24) is 14.5 Å². The lowest BCUT2D eigenvalue weighted by Gasteiger charge is -2.26. The summed E-state index contributed by atoms with van der Waals surface area (Å²) in [5.74, 6) is -0.657. The van der Waals surface area contributed by atoms with Crippen LogP contribution in [0.2, 0.25) is 0 Å². The largest absolute Gasteiger partial charge is 0.379 e. The van der Waals surface area contributed by atoms with Gasteiger partial charge in [0, 0.05) is 32.7 Å². The van der Waals surface area contributed by atoms with Crippen molar-refractivity contribution in [3.8, 4) is 0 Å². The number of morpholine rings is 1. The molecule has 1 aromatic carbocycles. The quantitative estimate of drug-likeness (QED) is 0.770. The van der Waals surface area contributed by atoms with Crippen molar-refractivity contribution in [1.29, 1.82) is 0 Å². The summed E-state index contributed by atoms with van der Waals surface area (Å²) in [5, 5.41) is 2.50. The summed E-state index contributed by atoms with van der Waals surface area (Å²) >= 11 is 0. The van der Waals surface area contributed by atoms with Crippen LogP contribution in [-0.4, -0.2) is 76.4 Å². The minimum atomic E-state index is -3.58. The van der Waals surface area contributed by atoms with Gasteiger partial charge in [0.05, 0.1) is 24.7 Å². The molecule has 2 rings (SSSR count). The van der Waals surface area contributed by atoms with Gasteiger partial charge in [-0.25, -0.2) is 8.42 Å². The first-order valence-electron chi connectivity index (χ1n) is 7.48. The van der Waals surface area contributed by atoms with Crippen LogP contribution in [0.3, 0.4) is 0 Å². The van der Waals surface area contributed by atoms with E-state index in [4.69, 9.17) is 4.74 Å². The van der Waals surface area contributed by atoms with E-state index >= 15 is 0 Å². The molecule has 0 unspecified atom stereocenters. The summed E-state index contributed by atoms with van der Waals surface area (Å²) in [6.45, 7) is 1.27. The van der Waals surface area contributed by atoms with Crippen molar-refractivity contribution in [3.63, 3.8) is 0 Å². The number of amides is 2. The second-order valence-electron chi connectivity index (χ2n) is 5.51. The molecule has 8 nitrogen and oxygen atoms in total. The topological polar surface area (TPSA) is 96.0 Å². The number of carbonyl (C=O) groups excluding carboxylic acids is 2. The lowest BCUT2D eigenvalue weighted by Crippen LogP contribution is -2.40. The molecule has 24 heavy (non-hydrogen) atoms. The highest BCUT2D eigenvalue weighted by Crippen LogP contribution is 2.17. The number of ether oxygens (including phenoxy) is 1. The molecular weight excluding hydrogens is 334 g/mol. The predicted octanol–water partition coefficient (Wildman–Crippen LogP) is -0.474. The molecule has 132 valence electrons. The first-order valence-corrected chi connectivity index (χ1v) is 8.92. The second-order valence-corrected chi connectivity index (χ2v) is 7.45. The van der Waals surface area contributed by atoms with Crippen molar-refractivity contribution in [3.05, 3.63) is 29.8 Å². The molecule has 1 N–H and O–H groups in total. The Labute approximate surface area is 141 Å². The van der Waals surface area contributed by atoms with Gasteiger partial charge in [-0.15, -0.1) is 0 Å². The second kappa shape index (κ2) is 7.73. The van der Waals surface area contributed by atoms with E-state index in [1.165, 1.54) is 33.5 Å². The normalized spacial score (nSPS) is 15.8. The van der Waals surface area contributed by atoms with Gasteiger partial charge in [0.1, 0.15) is 0 Å². The molecule has 9 heteroatoms. The average molecular weight is 355 g/mol. The van der Waals surface area contributed by atoms with Gasteiger partial charge in [-0.05, 0) is 24.3 Å². The fourth-order valence-electron chi connectivity index (χ4n) is 2.13. The van der Waals surface area contributed by atoms with E-state index in [-0.39, 0.29) is 17.3 Å². The number of likely N-dealkylation sites (N-methyl/N-ethyl adjacent to an activating group) is 1. The Hall–Kier alpha value is -1.97. The molecule has 0 radical (unpaired) electrons. The van der Waals surface area contributed by atoms with Gasteiger partial charge in [0.2, 0.25) is 15.9 Å². The lowest BCUT2D eigenvalue weighted by atomic mass is 10.2. The van der Waals surface area contributed by atoms with Gasteiger partial charge < -0.3 is 15.0 Å². The van der Waals surface area contributed by atoms with Crippen LogP contribution in [0.1, 0.15) is 10.4 Å². The lowest BCUT2D eigenvalue weighted by molar-refractivity contribution is -0.127. The number of hydrogen-bond acceptors (Lipinski definition) is 5. The van der Waals surface area contributed by atoms with Crippen LogP contribution in [-0.2, 0) is 19.6 Å². The summed E-state index contributed by atoms with van der Waals surface area (Å²) < 4.78 is 31.5. The summed E-state index contributed by atoms with van der Waals surface area (Å²) in [7, 11) is -0.387. The Bertz CT molecular complexity index is 694. The standard InChI is InChI=1S/C15H21N3O5S/c1-17(2)14(19)11-16-15(20)12-3-5-13(6-4-12)24(21,22)18-7-9-23-10-8-18/h3-6H,7-11H2,1-2H3,(H,16,20). The van der Waals surface area contributed by atoms with E-state index in [1.807, 2.05) is 0 Å². The zero-order chi connectivity index (χ0) is 17.7. The maximum absolute atomic E-state index is 12.5. The maximum Gasteiger partial charge on any atom is 0.251 e. The highest BCUT2D eigenvalue weighted by molar-refractivity contribution is 7.89. The van der Waals surface area contributed by atoms with Gasteiger partial charge in [0.15, 0.2) is 0 Å². The van der Waals surface area contributed by atoms with Gasteiger partial charge in [0.25, 0.3) is 5.91 Å². The monoisotopic (exact) mass is 355 g/mol. The average Bonchev–Trinajstić information content (AvgIpc) is 2.60. The van der Waals surface area contributed by atoms with Crippen molar-refractivity contribution in [2.75, 3.05) is 46.9 Å². The number of carbonyl (C=O) groups is 2. The van der Waals surface area contributed by atoms with E-state index in [0.717, 1.165) is 0 Å². The molecular formula is C15H21N3O5S. The Balaban J connectivity index is 2.04. The number of nitrogens with one attached hydrogen (secondary N) is 1. The molecule has 1 aliphatic heterocycles. The van der Waals surface area contributed by atoms with Gasteiger partial charge in [-0.2, -0.15) is 4.31 Å². The van der Waals surface area contributed by atoms with Crippen LogP contribution < -0.4 is 5.32 Å². The van der Waals surface area contributed by atoms with Crippen LogP contribution in [0, 0.1) is 0 Å². The molecule has 1 fully saturated rings.